The van der Waals surface area contributed by atoms with E-state index in [-0.39, 0.29) is 0 Å². The summed E-state index contributed by atoms with van der Waals surface area (Å²) in [5, 5.41) is 0.849. The highest BCUT2D eigenvalue weighted by Crippen LogP contribution is 2.86. The first-order valence-corrected chi connectivity index (χ1v) is 6.61. The summed E-state index contributed by atoms with van der Waals surface area (Å²) in [5.74, 6) is 6.65. The summed E-state index contributed by atoms with van der Waals surface area (Å²) in [6.07, 6.45) is 0. The van der Waals surface area contributed by atoms with Crippen LogP contribution in [-0.2, 0) is 0 Å². The van der Waals surface area contributed by atoms with Gasteiger partial charge < -0.3 is 0 Å². The quantitative estimate of drug-likeness (QED) is 0.597. The molecule has 15 heavy (non-hydrogen) atoms. The molecule has 0 amide bonds. The van der Waals surface area contributed by atoms with Crippen molar-refractivity contribution in [3.8, 4) is 0 Å². The van der Waals surface area contributed by atoms with Crippen LogP contribution in [-0.4, -0.2) is 7.28 Å². The minimum absolute atomic E-state index is 0.376. The molecule has 1 radical (unpaired) electrons. The molecule has 0 heterocycles. The van der Waals surface area contributed by atoms with Crippen LogP contribution < -0.4 is 0 Å². The van der Waals surface area contributed by atoms with Gasteiger partial charge in [-0.3, -0.25) is 0 Å². The van der Waals surface area contributed by atoms with Gasteiger partial charge in [-0.05, 0) is 35.5 Å². The second-order valence-electron chi connectivity index (χ2n) is 8.03. The van der Waals surface area contributed by atoms with Crippen molar-refractivity contribution in [1.29, 1.82) is 0 Å². The predicted octanol–water partition coefficient (Wildman–Crippen LogP) is 3.87. The van der Waals surface area contributed by atoms with Gasteiger partial charge in [0.05, 0.1) is 0 Å². The van der Waals surface area contributed by atoms with E-state index in [1.807, 2.05) is 0 Å². The first kappa shape index (κ1) is 10.2. The maximum absolute atomic E-state index is 2.60. The zero-order valence-corrected chi connectivity index (χ0v) is 11.0. The van der Waals surface area contributed by atoms with Gasteiger partial charge >= 0.3 is 0 Å². The van der Waals surface area contributed by atoms with E-state index >= 15 is 0 Å². The topological polar surface area (TPSA) is 0 Å². The molecule has 3 saturated carbocycles. The molecule has 4 atom stereocenters. The number of rotatable bonds is 2. The van der Waals surface area contributed by atoms with Crippen LogP contribution in [0.1, 0.15) is 41.5 Å². The molecule has 0 N–H and O–H groups in total. The van der Waals surface area contributed by atoms with E-state index in [9.17, 15) is 0 Å². The second kappa shape index (κ2) is 2.49. The largest absolute Gasteiger partial charge is 0.124 e. The average molecular weight is 203 g/mol. The lowest BCUT2D eigenvalue weighted by Gasteiger charge is -2.32. The van der Waals surface area contributed by atoms with Gasteiger partial charge in [-0.1, -0.05) is 52.2 Å². The van der Waals surface area contributed by atoms with Crippen LogP contribution in [0.2, 0.25) is 10.6 Å². The molecule has 0 nitrogen and oxygen atoms in total. The highest BCUT2D eigenvalue weighted by atomic mass is 14.9. The Hall–Kier alpha value is 0.0649. The fourth-order valence-electron chi connectivity index (χ4n) is 5.15. The van der Waals surface area contributed by atoms with Crippen molar-refractivity contribution >= 4 is 7.28 Å². The van der Waals surface area contributed by atoms with Gasteiger partial charge in [0.2, 0.25) is 0 Å². The Morgan fingerprint density at radius 1 is 0.800 bits per heavy atom. The van der Waals surface area contributed by atoms with Crippen molar-refractivity contribution in [1.82, 2.24) is 0 Å². The van der Waals surface area contributed by atoms with E-state index < -0.39 is 0 Å². The average Bonchev–Trinajstić information content (AvgIpc) is 2.64. The third-order valence-electron chi connectivity index (χ3n) is 5.20. The Labute approximate surface area is 95.5 Å². The smallest absolute Gasteiger partial charge is 0.0674 e. The van der Waals surface area contributed by atoms with Crippen molar-refractivity contribution in [2.75, 3.05) is 0 Å². The minimum Gasteiger partial charge on any atom is -0.0674 e. The molecule has 3 rings (SSSR count). The first-order valence-electron chi connectivity index (χ1n) is 6.61. The summed E-state index contributed by atoms with van der Waals surface area (Å²) in [6, 6.07) is 0. The van der Waals surface area contributed by atoms with E-state index in [1.54, 1.807) is 0 Å². The molecule has 83 valence electrons. The molecule has 3 aliphatic carbocycles. The molecule has 0 aromatic heterocycles. The standard InChI is InChI=1S/C14H24B/c1-7-8-9(7)11-10(8)12(11)14(5,6)15-13(2,3)4/h7-12H,1-6H3. The van der Waals surface area contributed by atoms with Crippen molar-refractivity contribution in [3.05, 3.63) is 0 Å². The molecule has 4 unspecified atom stereocenters. The maximum atomic E-state index is 2.60. The molecule has 0 aromatic rings. The van der Waals surface area contributed by atoms with Crippen LogP contribution in [0.5, 0.6) is 0 Å². The molecule has 0 aromatic carbocycles. The summed E-state index contributed by atoms with van der Waals surface area (Å²) in [6.45, 7) is 14.4. The fourth-order valence-corrected chi connectivity index (χ4v) is 5.15. The van der Waals surface area contributed by atoms with Gasteiger partial charge in [-0.25, -0.2) is 0 Å². The van der Waals surface area contributed by atoms with Crippen molar-refractivity contribution in [2.24, 2.45) is 35.5 Å². The van der Waals surface area contributed by atoms with E-state index in [4.69, 9.17) is 0 Å². The highest BCUT2D eigenvalue weighted by Gasteiger charge is 2.82. The highest BCUT2D eigenvalue weighted by molar-refractivity contribution is 6.43. The number of fused-ring (bicyclic) bond motifs is 4. The normalized spacial score (nSPS) is 51.3. The zero-order valence-electron chi connectivity index (χ0n) is 11.0. The lowest BCUT2D eigenvalue weighted by atomic mass is 9.40. The van der Waals surface area contributed by atoms with Gasteiger partial charge in [0.25, 0.3) is 0 Å². The van der Waals surface area contributed by atoms with Crippen LogP contribution in [0.25, 0.3) is 0 Å². The molecular formula is C14H24B. The van der Waals surface area contributed by atoms with Gasteiger partial charge in [0.1, 0.15) is 7.28 Å². The lowest BCUT2D eigenvalue weighted by Crippen LogP contribution is -2.24. The molecule has 0 aliphatic heterocycles. The predicted molar refractivity (Wildman–Crippen MR) is 66.1 cm³/mol. The summed E-state index contributed by atoms with van der Waals surface area (Å²) in [5.41, 5.74) is 0. The van der Waals surface area contributed by atoms with Crippen LogP contribution in [0.3, 0.4) is 0 Å². The van der Waals surface area contributed by atoms with E-state index in [2.05, 4.69) is 48.8 Å². The van der Waals surface area contributed by atoms with Crippen LogP contribution in [0.15, 0.2) is 0 Å². The van der Waals surface area contributed by atoms with Crippen LogP contribution in [0.4, 0.5) is 0 Å². The van der Waals surface area contributed by atoms with Crippen molar-refractivity contribution in [2.45, 2.75) is 52.2 Å². The first-order chi connectivity index (χ1) is 6.74. The molecular weight excluding hydrogens is 179 g/mol. The lowest BCUT2D eigenvalue weighted by molar-refractivity contribution is 0.434. The molecule has 0 bridgehead atoms. The van der Waals surface area contributed by atoms with Crippen molar-refractivity contribution in [3.63, 3.8) is 0 Å². The Morgan fingerprint density at radius 2 is 1.27 bits per heavy atom. The monoisotopic (exact) mass is 203 g/mol. The summed E-state index contributed by atoms with van der Waals surface area (Å²) in [7, 11) is 2.60. The Balaban J connectivity index is 1.65. The minimum atomic E-state index is 0.376. The maximum Gasteiger partial charge on any atom is 0.124 e. The second-order valence-corrected chi connectivity index (χ2v) is 8.03. The summed E-state index contributed by atoms with van der Waals surface area (Å²) < 4.78 is 0. The zero-order chi connectivity index (χ0) is 11.2. The van der Waals surface area contributed by atoms with Crippen LogP contribution in [0, 0.1) is 35.5 Å². The molecule has 3 aliphatic rings. The Bertz CT molecular complexity index is 283. The third kappa shape index (κ3) is 1.28. The van der Waals surface area contributed by atoms with E-state index in [1.165, 1.54) is 0 Å². The molecule has 0 spiro atoms. The van der Waals surface area contributed by atoms with Gasteiger partial charge in [0.15, 0.2) is 0 Å². The van der Waals surface area contributed by atoms with E-state index in [0.717, 1.165) is 35.5 Å². The van der Waals surface area contributed by atoms with Crippen molar-refractivity contribution < 1.29 is 0 Å². The van der Waals surface area contributed by atoms with E-state index in [0.29, 0.717) is 10.6 Å². The number of hydrogen-bond acceptors (Lipinski definition) is 0. The summed E-state index contributed by atoms with van der Waals surface area (Å²) >= 11 is 0. The molecule has 0 saturated heterocycles. The third-order valence-corrected chi connectivity index (χ3v) is 5.20. The van der Waals surface area contributed by atoms with Gasteiger partial charge in [0, 0.05) is 0 Å². The van der Waals surface area contributed by atoms with Gasteiger partial charge in [-0.15, -0.1) is 0 Å². The van der Waals surface area contributed by atoms with Gasteiger partial charge in [-0.2, -0.15) is 0 Å². The van der Waals surface area contributed by atoms with Crippen LogP contribution >= 0.6 is 0 Å². The fraction of sp³-hybridized carbons (Fsp3) is 1.00. The SMILES string of the molecule is CC1C2C1C1C2C1C(C)(C)[B]C(C)(C)C. The summed E-state index contributed by atoms with van der Waals surface area (Å²) in [4.78, 5) is 0. The Kier molecular flexibility index (Phi) is 1.70. The molecule has 1 heteroatoms. The number of hydrogen-bond donors (Lipinski definition) is 0. The molecule has 3 fully saturated rings. The Morgan fingerprint density at radius 3 is 1.67 bits per heavy atom.